The van der Waals surface area contributed by atoms with Gasteiger partial charge in [-0.05, 0) is 63.1 Å². The van der Waals surface area contributed by atoms with Crippen LogP contribution in [0.2, 0.25) is 0 Å². The highest BCUT2D eigenvalue weighted by Crippen LogP contribution is 2.31. The van der Waals surface area contributed by atoms with Crippen molar-refractivity contribution in [1.82, 2.24) is 4.90 Å². The number of nitrogens with one attached hydrogen (secondary N) is 1. The molecule has 0 atom stereocenters. The first-order chi connectivity index (χ1) is 13.8. The lowest BCUT2D eigenvalue weighted by molar-refractivity contribution is 0.0188. The Bertz CT molecular complexity index is 852. The first-order valence-electron chi connectivity index (χ1n) is 10.2. The van der Waals surface area contributed by atoms with E-state index in [1.165, 1.54) is 0 Å². The number of anilines is 1. The molecule has 0 radical (unpaired) electrons. The summed E-state index contributed by atoms with van der Waals surface area (Å²) >= 11 is 0. The zero-order valence-corrected chi connectivity index (χ0v) is 17.8. The average Bonchev–Trinajstić information content (AvgIpc) is 2.70. The third kappa shape index (κ3) is 5.32. The van der Waals surface area contributed by atoms with Gasteiger partial charge >= 0.3 is 6.09 Å². The van der Waals surface area contributed by atoms with Crippen molar-refractivity contribution in [3.05, 3.63) is 35.9 Å². The van der Waals surface area contributed by atoms with E-state index in [0.29, 0.717) is 19.0 Å². The monoisotopic (exact) mass is 400 g/mol. The van der Waals surface area contributed by atoms with Crippen molar-refractivity contribution in [2.75, 3.05) is 32.1 Å². The van der Waals surface area contributed by atoms with E-state index in [1.807, 2.05) is 51.1 Å². The second-order valence-electron chi connectivity index (χ2n) is 8.64. The molecule has 2 aromatic rings. The molecule has 0 aliphatic carbocycles. The maximum absolute atomic E-state index is 12.2. The molecular formula is C23H32N2O4. The summed E-state index contributed by atoms with van der Waals surface area (Å²) in [7, 11) is 1.66. The maximum atomic E-state index is 12.2. The minimum Gasteiger partial charge on any atom is -0.497 e. The lowest BCUT2D eigenvalue weighted by atomic mass is 9.96. The highest BCUT2D eigenvalue weighted by Gasteiger charge is 2.26. The van der Waals surface area contributed by atoms with Crippen LogP contribution in [0.4, 0.5) is 10.5 Å². The molecule has 0 spiro atoms. The van der Waals surface area contributed by atoms with Gasteiger partial charge in [0, 0.05) is 36.3 Å². The number of rotatable bonds is 5. The van der Waals surface area contributed by atoms with Crippen molar-refractivity contribution >= 4 is 22.6 Å². The van der Waals surface area contributed by atoms with Gasteiger partial charge in [0.15, 0.2) is 0 Å². The molecule has 1 aliphatic heterocycles. The van der Waals surface area contributed by atoms with Crippen molar-refractivity contribution in [1.29, 1.82) is 0 Å². The number of carbonyl (C=O) groups excluding carboxylic acids is 1. The summed E-state index contributed by atoms with van der Waals surface area (Å²) in [4.78, 5) is 14.0. The van der Waals surface area contributed by atoms with Gasteiger partial charge in [-0.25, -0.2) is 4.79 Å². The Balaban J connectivity index is 1.63. The number of piperidine rings is 1. The number of fused-ring (bicyclic) bond motifs is 1. The molecule has 0 bridgehead atoms. The summed E-state index contributed by atoms with van der Waals surface area (Å²) < 4.78 is 10.8. The topological polar surface area (TPSA) is 71.0 Å². The summed E-state index contributed by atoms with van der Waals surface area (Å²) in [6, 6.07) is 9.93. The van der Waals surface area contributed by atoms with Gasteiger partial charge in [-0.3, -0.25) is 0 Å². The molecule has 29 heavy (non-hydrogen) atoms. The first kappa shape index (κ1) is 21.2. The number of methoxy groups -OCH3 is 1. The molecule has 0 unspecified atom stereocenters. The number of amides is 1. The van der Waals surface area contributed by atoms with Crippen LogP contribution >= 0.6 is 0 Å². The predicted molar refractivity (Wildman–Crippen MR) is 115 cm³/mol. The van der Waals surface area contributed by atoms with Gasteiger partial charge in [-0.15, -0.1) is 0 Å². The number of aliphatic hydroxyl groups is 1. The van der Waals surface area contributed by atoms with Gasteiger partial charge in [0.2, 0.25) is 0 Å². The summed E-state index contributed by atoms with van der Waals surface area (Å²) in [6.07, 6.45) is 1.63. The van der Waals surface area contributed by atoms with E-state index in [0.717, 1.165) is 47.2 Å². The average molecular weight is 401 g/mol. The summed E-state index contributed by atoms with van der Waals surface area (Å²) in [5.41, 5.74) is 1.39. The highest BCUT2D eigenvalue weighted by atomic mass is 16.6. The highest BCUT2D eigenvalue weighted by molar-refractivity contribution is 5.96. The van der Waals surface area contributed by atoms with E-state index in [9.17, 15) is 9.90 Å². The van der Waals surface area contributed by atoms with Crippen molar-refractivity contribution in [2.45, 2.75) is 45.8 Å². The number of carbonyl (C=O) groups is 1. The van der Waals surface area contributed by atoms with E-state index >= 15 is 0 Å². The lowest BCUT2D eigenvalue weighted by Crippen LogP contribution is -2.42. The zero-order chi connectivity index (χ0) is 21.0. The molecule has 1 heterocycles. The van der Waals surface area contributed by atoms with Crippen LogP contribution in [0.25, 0.3) is 10.8 Å². The Morgan fingerprint density at radius 2 is 1.93 bits per heavy atom. The van der Waals surface area contributed by atoms with Crippen LogP contribution in [-0.2, 0) is 11.3 Å². The van der Waals surface area contributed by atoms with E-state index < -0.39 is 5.60 Å². The molecule has 1 amide bonds. The van der Waals surface area contributed by atoms with Gasteiger partial charge < -0.3 is 24.8 Å². The van der Waals surface area contributed by atoms with Crippen LogP contribution in [0.15, 0.2) is 30.3 Å². The Morgan fingerprint density at radius 1 is 1.21 bits per heavy atom. The van der Waals surface area contributed by atoms with Crippen LogP contribution in [-0.4, -0.2) is 48.4 Å². The molecule has 0 saturated carbocycles. The normalized spacial score (nSPS) is 15.4. The Labute approximate surface area is 172 Å². The lowest BCUT2D eigenvalue weighted by Gasteiger charge is -2.33. The number of ether oxygens (including phenoxy) is 2. The second-order valence-corrected chi connectivity index (χ2v) is 8.64. The Morgan fingerprint density at radius 3 is 2.55 bits per heavy atom. The van der Waals surface area contributed by atoms with Gasteiger partial charge in [0.1, 0.15) is 11.4 Å². The molecular weight excluding hydrogens is 368 g/mol. The zero-order valence-electron chi connectivity index (χ0n) is 17.8. The molecule has 158 valence electrons. The quantitative estimate of drug-likeness (QED) is 0.778. The van der Waals surface area contributed by atoms with E-state index in [4.69, 9.17) is 9.47 Å². The molecule has 2 N–H and O–H groups in total. The standard InChI is InChI=1S/C23H32N2O4/c1-23(2,3)29-22(27)25-11-9-16(10-12-25)14-24-21-18(15-26)6-5-17-13-19(28-4)7-8-20(17)21/h5-8,13,16,24,26H,9-12,14-15H2,1-4H3. The molecule has 6 nitrogen and oxygen atoms in total. The first-order valence-corrected chi connectivity index (χ1v) is 10.2. The van der Waals surface area contributed by atoms with Crippen LogP contribution in [0, 0.1) is 5.92 Å². The molecule has 6 heteroatoms. The van der Waals surface area contributed by atoms with Crippen molar-refractivity contribution in [2.24, 2.45) is 5.92 Å². The third-order valence-corrected chi connectivity index (χ3v) is 5.32. The van der Waals surface area contributed by atoms with Crippen LogP contribution in [0.3, 0.4) is 0 Å². The van der Waals surface area contributed by atoms with Crippen LogP contribution < -0.4 is 10.1 Å². The largest absolute Gasteiger partial charge is 0.497 e. The SMILES string of the molecule is COc1ccc2c(NCC3CCN(C(=O)OC(C)(C)C)CC3)c(CO)ccc2c1. The van der Waals surface area contributed by atoms with Gasteiger partial charge in [0.05, 0.1) is 13.7 Å². The summed E-state index contributed by atoms with van der Waals surface area (Å²) in [6.45, 7) is 7.88. The van der Waals surface area contributed by atoms with Crippen molar-refractivity contribution < 1.29 is 19.4 Å². The smallest absolute Gasteiger partial charge is 0.410 e. The predicted octanol–water partition coefficient (Wildman–Crippen LogP) is 4.40. The summed E-state index contributed by atoms with van der Waals surface area (Å²) in [5, 5.41) is 15.5. The minimum atomic E-state index is -0.465. The van der Waals surface area contributed by atoms with Crippen molar-refractivity contribution in [3.63, 3.8) is 0 Å². The van der Waals surface area contributed by atoms with E-state index in [-0.39, 0.29) is 12.7 Å². The number of aliphatic hydroxyl groups excluding tert-OH is 1. The Hall–Kier alpha value is -2.47. The molecule has 0 aromatic heterocycles. The van der Waals surface area contributed by atoms with Gasteiger partial charge in [0.25, 0.3) is 0 Å². The van der Waals surface area contributed by atoms with E-state index in [1.54, 1.807) is 12.0 Å². The Kier molecular flexibility index (Phi) is 6.52. The molecule has 2 aromatic carbocycles. The van der Waals surface area contributed by atoms with Gasteiger partial charge in [-0.2, -0.15) is 0 Å². The molecule has 3 rings (SSSR count). The van der Waals surface area contributed by atoms with Gasteiger partial charge in [-0.1, -0.05) is 12.1 Å². The van der Waals surface area contributed by atoms with Crippen LogP contribution in [0.5, 0.6) is 5.75 Å². The maximum Gasteiger partial charge on any atom is 0.410 e. The fraction of sp³-hybridized carbons (Fsp3) is 0.522. The fourth-order valence-electron chi connectivity index (χ4n) is 3.71. The van der Waals surface area contributed by atoms with E-state index in [2.05, 4.69) is 5.32 Å². The molecule has 1 aliphatic rings. The second kappa shape index (κ2) is 8.91. The number of nitrogens with zero attached hydrogens (tertiary/aromatic N) is 1. The number of benzene rings is 2. The third-order valence-electron chi connectivity index (χ3n) is 5.32. The minimum absolute atomic E-state index is 0.0125. The number of hydrogen-bond acceptors (Lipinski definition) is 5. The fourth-order valence-corrected chi connectivity index (χ4v) is 3.71. The molecule has 1 saturated heterocycles. The number of likely N-dealkylation sites (tertiary alicyclic amines) is 1. The van der Waals surface area contributed by atoms with Crippen LogP contribution in [0.1, 0.15) is 39.2 Å². The molecule has 1 fully saturated rings. The summed E-state index contributed by atoms with van der Waals surface area (Å²) in [5.74, 6) is 1.28. The van der Waals surface area contributed by atoms with Crippen molar-refractivity contribution in [3.8, 4) is 5.75 Å². The number of hydrogen-bond donors (Lipinski definition) is 2.